The minimum atomic E-state index is -2.29. The molecule has 1 fully saturated rings. The molecule has 0 bridgehead atoms. The van der Waals surface area contributed by atoms with Crippen molar-refractivity contribution < 1.29 is 16.3 Å². The van der Waals surface area contributed by atoms with Gasteiger partial charge in [-0.25, -0.2) is 0 Å². The third-order valence-electron chi connectivity index (χ3n) is 3.83. The predicted octanol–water partition coefficient (Wildman–Crippen LogP) is 2.14. The van der Waals surface area contributed by atoms with Crippen LogP contribution in [0.4, 0.5) is 0 Å². The number of hydrogen-bond donors (Lipinski definition) is 1. The maximum atomic E-state index is 10.1. The average molecular weight is 308 g/mol. The molecule has 0 aromatic rings. The molecule has 0 spiro atoms. The van der Waals surface area contributed by atoms with Gasteiger partial charge in [-0.2, -0.15) is 0 Å². The number of aliphatic hydroxyl groups is 1. The molecule has 1 heterocycles. The van der Waals surface area contributed by atoms with E-state index in [1.165, 1.54) is 0 Å². The van der Waals surface area contributed by atoms with Crippen LogP contribution in [0.2, 0.25) is 0 Å². The van der Waals surface area contributed by atoms with Crippen LogP contribution >= 0.6 is 0 Å². The minimum absolute atomic E-state index is 0.358. The maximum absolute atomic E-state index is 10.1. The summed E-state index contributed by atoms with van der Waals surface area (Å²) in [6, 6.07) is 0. The summed E-state index contributed by atoms with van der Waals surface area (Å²) in [5, 5.41) is 10.1. The first-order valence-electron chi connectivity index (χ1n) is 5.88. The van der Waals surface area contributed by atoms with E-state index in [-0.39, 0.29) is 11.2 Å². The molecule has 1 aliphatic heterocycles. The van der Waals surface area contributed by atoms with Crippen LogP contribution in [0, 0.1) is 0 Å². The number of rotatable bonds is 3. The Morgan fingerprint density at radius 3 is 1.59 bits per heavy atom. The first kappa shape index (κ1) is 15.5. The second kappa shape index (κ2) is 4.21. The van der Waals surface area contributed by atoms with Crippen molar-refractivity contribution in [3.63, 3.8) is 0 Å². The van der Waals surface area contributed by atoms with Crippen LogP contribution < -0.4 is 0 Å². The standard InChI is InChI=1S/C12H25AsO4/c1-9(2,14)10(3,4)15-13-16-11(5,6)12(7,8)17-13/h14H,1-8H3. The van der Waals surface area contributed by atoms with Gasteiger partial charge in [0.25, 0.3) is 0 Å². The Balaban J connectivity index is 2.75. The summed E-state index contributed by atoms with van der Waals surface area (Å²) in [6.45, 7) is 15.2. The van der Waals surface area contributed by atoms with Gasteiger partial charge < -0.3 is 0 Å². The normalized spacial score (nSPS) is 25.2. The van der Waals surface area contributed by atoms with E-state index in [0.717, 1.165) is 0 Å². The van der Waals surface area contributed by atoms with Crippen molar-refractivity contribution >= 4 is 15.7 Å². The average Bonchev–Trinajstić information content (AvgIpc) is 2.15. The van der Waals surface area contributed by atoms with E-state index in [2.05, 4.69) is 0 Å². The van der Waals surface area contributed by atoms with Gasteiger partial charge >= 0.3 is 110 Å². The zero-order valence-electron chi connectivity index (χ0n) is 12.1. The van der Waals surface area contributed by atoms with Crippen molar-refractivity contribution in [1.29, 1.82) is 0 Å². The van der Waals surface area contributed by atoms with Crippen LogP contribution in [0.25, 0.3) is 0 Å². The van der Waals surface area contributed by atoms with Gasteiger partial charge in [0.15, 0.2) is 0 Å². The molecule has 0 aliphatic carbocycles. The molecule has 102 valence electrons. The van der Waals surface area contributed by atoms with Gasteiger partial charge in [0.05, 0.1) is 0 Å². The Morgan fingerprint density at radius 1 is 0.941 bits per heavy atom. The summed E-state index contributed by atoms with van der Waals surface area (Å²) in [7, 11) is 0. The molecule has 17 heavy (non-hydrogen) atoms. The van der Waals surface area contributed by atoms with Gasteiger partial charge in [-0.05, 0) is 0 Å². The van der Waals surface area contributed by atoms with Crippen molar-refractivity contribution in [2.45, 2.75) is 77.8 Å². The molecule has 1 rings (SSSR count). The van der Waals surface area contributed by atoms with E-state index in [0.29, 0.717) is 0 Å². The van der Waals surface area contributed by atoms with Gasteiger partial charge in [0.2, 0.25) is 0 Å². The summed E-state index contributed by atoms with van der Waals surface area (Å²) in [4.78, 5) is 0. The molecule has 1 N–H and O–H groups in total. The van der Waals surface area contributed by atoms with Crippen LogP contribution in [-0.4, -0.2) is 43.2 Å². The fraction of sp³-hybridized carbons (Fsp3) is 1.00. The molecule has 0 atom stereocenters. The third kappa shape index (κ3) is 3.05. The third-order valence-corrected chi connectivity index (χ3v) is 7.64. The van der Waals surface area contributed by atoms with E-state index in [9.17, 15) is 5.11 Å². The first-order chi connectivity index (χ1) is 7.29. The van der Waals surface area contributed by atoms with Gasteiger partial charge in [0.1, 0.15) is 0 Å². The van der Waals surface area contributed by atoms with Crippen molar-refractivity contribution in [1.82, 2.24) is 0 Å². The summed E-state index contributed by atoms with van der Waals surface area (Å²) in [5.41, 5.74) is -2.35. The molecule has 0 amide bonds. The zero-order valence-corrected chi connectivity index (χ0v) is 14.0. The fourth-order valence-electron chi connectivity index (χ4n) is 0.946. The molecule has 5 heteroatoms. The Labute approximate surface area is 110 Å². The first-order valence-corrected chi connectivity index (χ1v) is 8.18. The monoisotopic (exact) mass is 308 g/mol. The molecule has 0 aromatic heterocycles. The van der Waals surface area contributed by atoms with E-state index < -0.39 is 26.9 Å². The van der Waals surface area contributed by atoms with Crippen molar-refractivity contribution in [3.8, 4) is 0 Å². The van der Waals surface area contributed by atoms with Crippen molar-refractivity contribution in [2.24, 2.45) is 0 Å². The molecule has 0 aromatic carbocycles. The SMILES string of the molecule is CC(C)(O)C(C)(C)O[As]1OC(C)(C)C(C)(C)O1. The molecular weight excluding hydrogens is 283 g/mol. The Morgan fingerprint density at radius 2 is 1.29 bits per heavy atom. The van der Waals surface area contributed by atoms with Crippen LogP contribution in [-0.2, 0) is 11.2 Å². The quantitative estimate of drug-likeness (QED) is 0.812. The summed E-state index contributed by atoms with van der Waals surface area (Å²) >= 11 is -2.29. The Bertz CT molecular complexity index is 275. The fourth-order valence-corrected chi connectivity index (χ4v) is 4.92. The van der Waals surface area contributed by atoms with Crippen LogP contribution in [0.1, 0.15) is 55.4 Å². The van der Waals surface area contributed by atoms with Crippen LogP contribution in [0.3, 0.4) is 0 Å². The summed E-state index contributed by atoms with van der Waals surface area (Å²) in [6.07, 6.45) is 0. The van der Waals surface area contributed by atoms with Crippen molar-refractivity contribution in [2.75, 3.05) is 0 Å². The molecule has 0 unspecified atom stereocenters. The van der Waals surface area contributed by atoms with Gasteiger partial charge in [-0.1, -0.05) is 0 Å². The van der Waals surface area contributed by atoms with E-state index in [4.69, 9.17) is 11.2 Å². The van der Waals surface area contributed by atoms with Gasteiger partial charge in [-0.15, -0.1) is 0 Å². The second-order valence-electron chi connectivity index (χ2n) is 6.59. The molecule has 0 saturated carbocycles. The van der Waals surface area contributed by atoms with Gasteiger partial charge in [-0.3, -0.25) is 0 Å². The molecule has 4 nitrogen and oxygen atoms in total. The molecular formula is C12H25AsO4. The number of hydrogen-bond acceptors (Lipinski definition) is 4. The van der Waals surface area contributed by atoms with E-state index >= 15 is 0 Å². The molecule has 1 saturated heterocycles. The van der Waals surface area contributed by atoms with Gasteiger partial charge in [0, 0.05) is 0 Å². The van der Waals surface area contributed by atoms with Crippen LogP contribution in [0.5, 0.6) is 0 Å². The van der Waals surface area contributed by atoms with E-state index in [1.807, 2.05) is 41.5 Å². The Kier molecular flexibility index (Phi) is 3.83. The Hall–Kier alpha value is 0.398. The predicted molar refractivity (Wildman–Crippen MR) is 67.5 cm³/mol. The summed E-state index contributed by atoms with van der Waals surface area (Å²) < 4.78 is 17.7. The molecule has 1 aliphatic rings. The second-order valence-corrected chi connectivity index (χ2v) is 8.67. The van der Waals surface area contributed by atoms with Crippen molar-refractivity contribution in [3.05, 3.63) is 0 Å². The van der Waals surface area contributed by atoms with E-state index in [1.54, 1.807) is 13.8 Å². The molecule has 0 radical (unpaired) electrons. The topological polar surface area (TPSA) is 47.9 Å². The van der Waals surface area contributed by atoms with Crippen LogP contribution in [0.15, 0.2) is 0 Å². The summed E-state index contributed by atoms with van der Waals surface area (Å²) in [5.74, 6) is 0. The zero-order chi connectivity index (χ0) is 13.7.